The summed E-state index contributed by atoms with van der Waals surface area (Å²) in [5.41, 5.74) is 2.57. The highest BCUT2D eigenvalue weighted by Crippen LogP contribution is 2.35. The van der Waals surface area contributed by atoms with E-state index in [2.05, 4.69) is 21.0 Å². The lowest BCUT2D eigenvalue weighted by atomic mass is 10.2. The van der Waals surface area contributed by atoms with E-state index in [0.717, 1.165) is 11.1 Å². The number of aromatic nitrogens is 2. The van der Waals surface area contributed by atoms with Crippen molar-refractivity contribution in [2.75, 3.05) is 6.79 Å². The van der Waals surface area contributed by atoms with Crippen molar-refractivity contribution in [3.8, 4) is 28.6 Å². The zero-order valence-corrected chi connectivity index (χ0v) is 22.1. The van der Waals surface area contributed by atoms with Crippen LogP contribution in [0, 0.1) is 0 Å². The predicted octanol–water partition coefficient (Wildman–Crippen LogP) is 6.67. The fraction of sp³-hybridized carbons (Fsp3) is 0.0690. The number of halogens is 2. The van der Waals surface area contributed by atoms with Crippen LogP contribution < -0.4 is 19.8 Å². The second-order valence-electron chi connectivity index (χ2n) is 8.46. The highest BCUT2D eigenvalue weighted by atomic mass is 79.9. The minimum atomic E-state index is -0.283. The topological polar surface area (TPSA) is 74.9 Å². The number of nitrogens with zero attached hydrogens (tertiary/aromatic N) is 3. The molecule has 4 aromatic carbocycles. The van der Waals surface area contributed by atoms with Crippen LogP contribution in [-0.4, -0.2) is 22.7 Å². The summed E-state index contributed by atoms with van der Waals surface area (Å²) in [6, 6.07) is 25.8. The summed E-state index contributed by atoms with van der Waals surface area (Å²) in [6.07, 6.45) is 1.55. The van der Waals surface area contributed by atoms with E-state index >= 15 is 0 Å². The first-order chi connectivity index (χ1) is 18.6. The normalized spacial score (nSPS) is 12.4. The van der Waals surface area contributed by atoms with Gasteiger partial charge in [0.15, 0.2) is 17.3 Å². The molecule has 38 heavy (non-hydrogen) atoms. The molecule has 188 valence electrons. The zero-order valence-electron chi connectivity index (χ0n) is 19.8. The van der Waals surface area contributed by atoms with E-state index in [1.807, 2.05) is 60.7 Å². The van der Waals surface area contributed by atoms with Gasteiger partial charge in [-0.15, -0.1) is 0 Å². The van der Waals surface area contributed by atoms with Crippen molar-refractivity contribution in [1.82, 2.24) is 9.66 Å². The Balaban J connectivity index is 1.40. The Kier molecular flexibility index (Phi) is 6.57. The number of hydrogen-bond acceptors (Lipinski definition) is 6. The van der Waals surface area contributed by atoms with Gasteiger partial charge in [0.1, 0.15) is 12.4 Å². The van der Waals surface area contributed by atoms with Crippen LogP contribution in [0.15, 0.2) is 99.3 Å². The Morgan fingerprint density at radius 3 is 2.66 bits per heavy atom. The first-order valence-electron chi connectivity index (χ1n) is 11.7. The van der Waals surface area contributed by atoms with Crippen molar-refractivity contribution >= 4 is 44.6 Å². The van der Waals surface area contributed by atoms with Gasteiger partial charge in [-0.25, -0.2) is 4.98 Å². The Morgan fingerprint density at radius 1 is 1.00 bits per heavy atom. The predicted molar refractivity (Wildman–Crippen MR) is 150 cm³/mol. The standard InChI is InChI=1S/C29H19BrClN3O4/c30-23-14-21(31)13-20(27(23)36-16-18-10-11-25-26(12-18)38-17-37-25)15-32-34-28(19-6-2-1-3-7-19)33-24-9-5-4-8-22(24)29(34)35/h1-15H,16-17H2. The van der Waals surface area contributed by atoms with E-state index in [0.29, 0.717) is 49.0 Å². The second kappa shape index (κ2) is 10.3. The molecule has 0 saturated heterocycles. The number of benzene rings is 4. The van der Waals surface area contributed by atoms with Crippen molar-refractivity contribution in [2.24, 2.45) is 5.10 Å². The second-order valence-corrected chi connectivity index (χ2v) is 9.75. The molecule has 0 radical (unpaired) electrons. The third kappa shape index (κ3) is 4.76. The molecule has 0 fully saturated rings. The lowest BCUT2D eigenvalue weighted by Crippen LogP contribution is -2.20. The highest BCUT2D eigenvalue weighted by Gasteiger charge is 2.16. The molecule has 6 rings (SSSR count). The van der Waals surface area contributed by atoms with Crippen LogP contribution in [0.3, 0.4) is 0 Å². The van der Waals surface area contributed by atoms with Crippen molar-refractivity contribution < 1.29 is 14.2 Å². The van der Waals surface area contributed by atoms with Gasteiger partial charge in [-0.1, -0.05) is 60.1 Å². The van der Waals surface area contributed by atoms with E-state index in [1.165, 1.54) is 4.68 Å². The first kappa shape index (κ1) is 24.2. The Hall–Kier alpha value is -4.14. The van der Waals surface area contributed by atoms with Gasteiger partial charge in [-0.05, 0) is 57.9 Å². The van der Waals surface area contributed by atoms with Crippen LogP contribution >= 0.6 is 27.5 Å². The van der Waals surface area contributed by atoms with E-state index in [-0.39, 0.29) is 19.0 Å². The van der Waals surface area contributed by atoms with E-state index in [4.69, 9.17) is 30.8 Å². The Bertz CT molecular complexity index is 1760. The van der Waals surface area contributed by atoms with Crippen molar-refractivity contribution in [2.45, 2.75) is 6.61 Å². The maximum absolute atomic E-state index is 13.5. The largest absolute Gasteiger partial charge is 0.487 e. The minimum absolute atomic E-state index is 0.205. The number of fused-ring (bicyclic) bond motifs is 2. The van der Waals surface area contributed by atoms with Crippen LogP contribution in [-0.2, 0) is 6.61 Å². The smallest absolute Gasteiger partial charge is 0.282 e. The molecule has 1 aliphatic rings. The molecule has 9 heteroatoms. The molecular weight excluding hydrogens is 570 g/mol. The monoisotopic (exact) mass is 587 g/mol. The van der Waals surface area contributed by atoms with Crippen molar-refractivity contribution in [3.05, 3.63) is 116 Å². The highest BCUT2D eigenvalue weighted by molar-refractivity contribution is 9.10. The molecule has 1 aliphatic heterocycles. The van der Waals surface area contributed by atoms with E-state index in [1.54, 1.807) is 30.5 Å². The summed E-state index contributed by atoms with van der Waals surface area (Å²) in [4.78, 5) is 18.2. The van der Waals surface area contributed by atoms with Gasteiger partial charge < -0.3 is 14.2 Å². The molecule has 7 nitrogen and oxygen atoms in total. The SMILES string of the molecule is O=c1c2ccccc2nc(-c2ccccc2)n1N=Cc1cc(Cl)cc(Br)c1OCc1ccc2c(c1)OCO2. The molecule has 0 atom stereocenters. The van der Waals surface area contributed by atoms with Gasteiger partial charge in [-0.3, -0.25) is 4.79 Å². The van der Waals surface area contributed by atoms with Crippen LogP contribution in [0.25, 0.3) is 22.3 Å². The maximum Gasteiger partial charge on any atom is 0.282 e. The number of hydrogen-bond donors (Lipinski definition) is 0. The third-order valence-corrected chi connectivity index (χ3v) is 6.76. The van der Waals surface area contributed by atoms with E-state index in [9.17, 15) is 4.79 Å². The molecule has 0 spiro atoms. The molecule has 0 saturated carbocycles. The fourth-order valence-corrected chi connectivity index (χ4v) is 5.09. The fourth-order valence-electron chi connectivity index (χ4n) is 4.14. The lowest BCUT2D eigenvalue weighted by Gasteiger charge is -2.13. The van der Waals surface area contributed by atoms with Gasteiger partial charge in [0.25, 0.3) is 5.56 Å². The summed E-state index contributed by atoms with van der Waals surface area (Å²) < 4.78 is 19.0. The maximum atomic E-state index is 13.5. The average molecular weight is 589 g/mol. The molecule has 0 N–H and O–H groups in total. The number of ether oxygens (including phenoxy) is 3. The minimum Gasteiger partial charge on any atom is -0.487 e. The van der Waals surface area contributed by atoms with Gasteiger partial charge in [-0.2, -0.15) is 9.78 Å². The number of rotatable bonds is 6. The first-order valence-corrected chi connectivity index (χ1v) is 12.9. The third-order valence-electron chi connectivity index (χ3n) is 5.96. The van der Waals surface area contributed by atoms with Crippen molar-refractivity contribution in [1.29, 1.82) is 0 Å². The zero-order chi connectivity index (χ0) is 26.1. The van der Waals surface area contributed by atoms with Crippen LogP contribution in [0.4, 0.5) is 0 Å². The van der Waals surface area contributed by atoms with Gasteiger partial charge in [0.2, 0.25) is 6.79 Å². The summed E-state index contributed by atoms with van der Waals surface area (Å²) in [5, 5.41) is 5.52. The molecule has 1 aromatic heterocycles. The van der Waals surface area contributed by atoms with Crippen LogP contribution in [0.5, 0.6) is 17.2 Å². The van der Waals surface area contributed by atoms with Gasteiger partial charge >= 0.3 is 0 Å². The molecule has 2 heterocycles. The summed E-state index contributed by atoms with van der Waals surface area (Å²) in [5.74, 6) is 2.34. The lowest BCUT2D eigenvalue weighted by molar-refractivity contribution is 0.174. The Labute approximate surface area is 231 Å². The summed E-state index contributed by atoms with van der Waals surface area (Å²) in [7, 11) is 0. The number of para-hydroxylation sites is 1. The van der Waals surface area contributed by atoms with Gasteiger partial charge in [0, 0.05) is 16.1 Å². The Morgan fingerprint density at radius 2 is 1.79 bits per heavy atom. The quantitative estimate of drug-likeness (QED) is 0.207. The summed E-state index contributed by atoms with van der Waals surface area (Å²) >= 11 is 9.91. The van der Waals surface area contributed by atoms with Crippen LogP contribution in [0.2, 0.25) is 5.02 Å². The molecule has 0 unspecified atom stereocenters. The summed E-state index contributed by atoms with van der Waals surface area (Å²) in [6.45, 7) is 0.474. The van der Waals surface area contributed by atoms with Crippen LogP contribution in [0.1, 0.15) is 11.1 Å². The molecule has 0 bridgehead atoms. The molecular formula is C29H19BrClN3O4. The van der Waals surface area contributed by atoms with E-state index < -0.39 is 0 Å². The molecule has 5 aromatic rings. The molecule has 0 aliphatic carbocycles. The van der Waals surface area contributed by atoms with Gasteiger partial charge in [0.05, 0.1) is 21.6 Å². The average Bonchev–Trinajstić information content (AvgIpc) is 3.40. The molecule has 0 amide bonds. The van der Waals surface area contributed by atoms with Crippen molar-refractivity contribution in [3.63, 3.8) is 0 Å².